The predicted octanol–water partition coefficient (Wildman–Crippen LogP) is 1.90. The maximum Gasteiger partial charge on any atom is 0.514 e. The summed E-state index contributed by atoms with van der Waals surface area (Å²) in [6, 6.07) is 1.73. The molecule has 1 amide bonds. The average Bonchev–Trinajstić information content (AvgIpc) is 3.06. The summed E-state index contributed by atoms with van der Waals surface area (Å²) >= 11 is 0. The van der Waals surface area contributed by atoms with E-state index in [2.05, 4.69) is 15.3 Å². The van der Waals surface area contributed by atoms with Crippen molar-refractivity contribution in [2.75, 3.05) is 5.32 Å². The van der Waals surface area contributed by atoms with Crippen LogP contribution in [0.15, 0.2) is 12.4 Å². The second-order valence-corrected chi connectivity index (χ2v) is 7.39. The minimum Gasteiger partial charge on any atom is -0.398 e. The van der Waals surface area contributed by atoms with Crippen LogP contribution >= 0.6 is 0 Å². The number of aromatic nitrogens is 2. The van der Waals surface area contributed by atoms with Gasteiger partial charge in [0.25, 0.3) is 0 Å². The van der Waals surface area contributed by atoms with Gasteiger partial charge in [0, 0.05) is 5.92 Å². The molecule has 1 saturated carbocycles. The molecule has 0 aromatic carbocycles. The summed E-state index contributed by atoms with van der Waals surface area (Å²) in [6.07, 6.45) is 5.61. The molecule has 0 radical (unpaired) electrons. The van der Waals surface area contributed by atoms with Crippen LogP contribution in [0.1, 0.15) is 53.4 Å². The molecule has 1 saturated heterocycles. The Morgan fingerprint density at radius 2 is 1.78 bits per heavy atom. The van der Waals surface area contributed by atoms with E-state index in [-0.39, 0.29) is 11.8 Å². The van der Waals surface area contributed by atoms with E-state index in [1.807, 2.05) is 27.7 Å². The lowest BCUT2D eigenvalue weighted by Crippen LogP contribution is -2.41. The lowest BCUT2D eigenvalue weighted by molar-refractivity contribution is -0.119. The van der Waals surface area contributed by atoms with E-state index in [0.717, 1.165) is 25.7 Å². The largest absolute Gasteiger partial charge is 0.514 e. The summed E-state index contributed by atoms with van der Waals surface area (Å²) in [5, 5.41) is 2.89. The van der Waals surface area contributed by atoms with Gasteiger partial charge in [0.2, 0.25) is 5.91 Å². The molecule has 1 aromatic rings. The summed E-state index contributed by atoms with van der Waals surface area (Å²) in [4.78, 5) is 20.6. The molecule has 2 fully saturated rings. The van der Waals surface area contributed by atoms with E-state index in [1.165, 1.54) is 6.33 Å². The van der Waals surface area contributed by atoms with Gasteiger partial charge in [-0.25, -0.2) is 9.97 Å². The number of nitrogens with zero attached hydrogens (tertiary/aromatic N) is 2. The number of hydrogen-bond acceptors (Lipinski definition) is 5. The fourth-order valence-corrected chi connectivity index (χ4v) is 2.95. The van der Waals surface area contributed by atoms with E-state index < -0.39 is 18.3 Å². The smallest absolute Gasteiger partial charge is 0.398 e. The second kappa shape index (κ2) is 5.87. The number of nitrogens with one attached hydrogen (secondary N) is 1. The molecule has 1 N–H and O–H groups in total. The van der Waals surface area contributed by atoms with Gasteiger partial charge in [-0.1, -0.05) is 12.8 Å². The Balaban J connectivity index is 1.72. The van der Waals surface area contributed by atoms with Crippen molar-refractivity contribution >= 4 is 24.4 Å². The first kappa shape index (κ1) is 16.4. The van der Waals surface area contributed by atoms with Gasteiger partial charge in [-0.3, -0.25) is 4.79 Å². The van der Waals surface area contributed by atoms with Crippen LogP contribution in [0.4, 0.5) is 5.82 Å². The minimum absolute atomic E-state index is 0.0427. The summed E-state index contributed by atoms with van der Waals surface area (Å²) in [5.74, 6) is 0.646. The molecule has 7 heteroatoms. The third-order valence-corrected chi connectivity index (χ3v) is 5.16. The molecular weight excluding hydrogens is 293 g/mol. The molecule has 0 bridgehead atoms. The van der Waals surface area contributed by atoms with Gasteiger partial charge >= 0.3 is 7.12 Å². The Morgan fingerprint density at radius 1 is 1.17 bits per heavy atom. The van der Waals surface area contributed by atoms with Crippen LogP contribution in [-0.2, 0) is 14.1 Å². The number of anilines is 1. The first-order chi connectivity index (χ1) is 10.8. The van der Waals surface area contributed by atoms with Crippen LogP contribution in [0, 0.1) is 5.92 Å². The second-order valence-electron chi connectivity index (χ2n) is 7.39. The highest BCUT2D eigenvalue weighted by atomic mass is 16.7. The van der Waals surface area contributed by atoms with Crippen molar-refractivity contribution in [2.45, 2.75) is 64.6 Å². The van der Waals surface area contributed by atoms with Crippen molar-refractivity contribution in [3.8, 4) is 0 Å². The fraction of sp³-hybridized carbons (Fsp3) is 0.688. The number of hydrogen-bond donors (Lipinski definition) is 1. The summed E-state index contributed by atoms with van der Waals surface area (Å²) in [6.45, 7) is 7.99. The van der Waals surface area contributed by atoms with Crippen molar-refractivity contribution < 1.29 is 14.1 Å². The first-order valence-electron chi connectivity index (χ1n) is 8.27. The summed E-state index contributed by atoms with van der Waals surface area (Å²) in [5.41, 5.74) is -0.216. The molecule has 23 heavy (non-hydrogen) atoms. The average molecular weight is 317 g/mol. The number of carbonyl (C=O) groups excluding carboxylic acids is 1. The Bertz CT molecular complexity index is 584. The van der Waals surface area contributed by atoms with Gasteiger partial charge in [-0.05, 0) is 46.6 Å². The molecule has 0 unspecified atom stereocenters. The molecule has 3 rings (SSSR count). The lowest BCUT2D eigenvalue weighted by Gasteiger charge is -2.32. The molecule has 0 atom stereocenters. The number of carbonyl (C=O) groups is 1. The van der Waals surface area contributed by atoms with Crippen molar-refractivity contribution in [1.82, 2.24) is 9.97 Å². The highest BCUT2D eigenvalue weighted by Gasteiger charge is 2.52. The number of amides is 1. The maximum atomic E-state index is 12.2. The number of rotatable bonds is 3. The highest BCUT2D eigenvalue weighted by Crippen LogP contribution is 2.36. The third kappa shape index (κ3) is 3.26. The quantitative estimate of drug-likeness (QED) is 0.862. The Morgan fingerprint density at radius 3 is 2.39 bits per heavy atom. The first-order valence-corrected chi connectivity index (χ1v) is 8.27. The Kier molecular flexibility index (Phi) is 4.18. The highest BCUT2D eigenvalue weighted by molar-refractivity contribution is 6.61. The maximum absolute atomic E-state index is 12.2. The van der Waals surface area contributed by atoms with Crippen LogP contribution in [0.2, 0.25) is 0 Å². The lowest BCUT2D eigenvalue weighted by atomic mass is 9.84. The summed E-state index contributed by atoms with van der Waals surface area (Å²) in [7, 11) is -0.551. The predicted molar refractivity (Wildman–Crippen MR) is 88.3 cm³/mol. The fourth-order valence-electron chi connectivity index (χ4n) is 2.95. The normalized spacial score (nSPS) is 23.2. The van der Waals surface area contributed by atoms with Gasteiger partial charge in [-0.15, -0.1) is 0 Å². The zero-order valence-electron chi connectivity index (χ0n) is 14.3. The minimum atomic E-state index is -0.551. The van der Waals surface area contributed by atoms with Crippen LogP contribution < -0.4 is 10.9 Å². The molecule has 1 aromatic heterocycles. The molecule has 2 heterocycles. The molecular formula is C16H24BN3O3. The molecule has 124 valence electrons. The van der Waals surface area contributed by atoms with Gasteiger partial charge in [-0.2, -0.15) is 0 Å². The third-order valence-electron chi connectivity index (χ3n) is 5.16. The topological polar surface area (TPSA) is 73.3 Å². The Labute approximate surface area is 137 Å². The van der Waals surface area contributed by atoms with Crippen LogP contribution in [-0.4, -0.2) is 34.2 Å². The monoisotopic (exact) mass is 317 g/mol. The van der Waals surface area contributed by atoms with E-state index in [4.69, 9.17) is 9.31 Å². The Hall–Kier alpha value is -1.47. The molecule has 0 spiro atoms. The van der Waals surface area contributed by atoms with E-state index in [9.17, 15) is 4.79 Å². The van der Waals surface area contributed by atoms with Gasteiger partial charge in [0.15, 0.2) is 0 Å². The zero-order chi connectivity index (χ0) is 16.7. The van der Waals surface area contributed by atoms with Crippen LogP contribution in [0.5, 0.6) is 0 Å². The van der Waals surface area contributed by atoms with Gasteiger partial charge in [0.1, 0.15) is 12.1 Å². The standard InChI is InChI=1S/C16H24BN3O3/c1-15(2)16(3,4)23-17(22-15)12-9-13(19-10-18-12)20-14(21)11-7-5-6-8-11/h9-11H,5-8H2,1-4H3,(H,18,19,20,21). The zero-order valence-corrected chi connectivity index (χ0v) is 14.3. The van der Waals surface area contributed by atoms with Crippen molar-refractivity contribution in [3.63, 3.8) is 0 Å². The molecule has 2 aliphatic rings. The molecule has 6 nitrogen and oxygen atoms in total. The van der Waals surface area contributed by atoms with E-state index in [0.29, 0.717) is 11.4 Å². The van der Waals surface area contributed by atoms with Gasteiger partial charge in [0.05, 0.1) is 16.8 Å². The van der Waals surface area contributed by atoms with Crippen molar-refractivity contribution in [1.29, 1.82) is 0 Å². The van der Waals surface area contributed by atoms with E-state index in [1.54, 1.807) is 6.07 Å². The van der Waals surface area contributed by atoms with Crippen LogP contribution in [0.25, 0.3) is 0 Å². The molecule has 1 aliphatic heterocycles. The van der Waals surface area contributed by atoms with Crippen LogP contribution in [0.3, 0.4) is 0 Å². The summed E-state index contributed by atoms with van der Waals surface area (Å²) < 4.78 is 12.0. The molecule has 1 aliphatic carbocycles. The van der Waals surface area contributed by atoms with E-state index >= 15 is 0 Å². The van der Waals surface area contributed by atoms with Crippen molar-refractivity contribution in [2.24, 2.45) is 5.92 Å². The van der Waals surface area contributed by atoms with Gasteiger partial charge < -0.3 is 14.6 Å². The SMILES string of the molecule is CC1(C)OB(c2cc(NC(=O)C3CCCC3)ncn2)OC1(C)C. The van der Waals surface area contributed by atoms with Crippen molar-refractivity contribution in [3.05, 3.63) is 12.4 Å².